The number of rotatable bonds is 4. The minimum atomic E-state index is -0.203. The van der Waals surface area contributed by atoms with Gasteiger partial charge in [0.05, 0.1) is 24.4 Å². The molecule has 1 heterocycles. The normalized spacial score (nSPS) is 10.0. The van der Waals surface area contributed by atoms with Crippen molar-refractivity contribution in [3.8, 4) is 6.07 Å². The summed E-state index contributed by atoms with van der Waals surface area (Å²) in [4.78, 5) is 11.9. The molecule has 0 aliphatic rings. The van der Waals surface area contributed by atoms with Crippen molar-refractivity contribution in [3.63, 3.8) is 0 Å². The average Bonchev–Trinajstić information content (AvgIpc) is 2.86. The van der Waals surface area contributed by atoms with Crippen molar-refractivity contribution in [1.29, 1.82) is 5.26 Å². The minimum absolute atomic E-state index is 0.0545. The number of nitrogens with zero attached hydrogens (tertiary/aromatic N) is 4. The molecule has 18 heavy (non-hydrogen) atoms. The fourth-order valence-corrected chi connectivity index (χ4v) is 1.46. The molecule has 6 nitrogen and oxygen atoms in total. The average molecular weight is 242 g/mol. The van der Waals surface area contributed by atoms with Gasteiger partial charge in [0.15, 0.2) is 5.78 Å². The van der Waals surface area contributed by atoms with Crippen LogP contribution in [0.15, 0.2) is 30.5 Å². The van der Waals surface area contributed by atoms with E-state index in [0.29, 0.717) is 16.8 Å². The topological polar surface area (TPSA) is 91.8 Å². The number of aliphatic hydroxyl groups is 1. The Balaban J connectivity index is 2.09. The number of aromatic nitrogens is 3. The summed E-state index contributed by atoms with van der Waals surface area (Å²) in [5.74, 6) is -0.131. The number of benzene rings is 1. The van der Waals surface area contributed by atoms with Crippen LogP contribution in [-0.4, -0.2) is 25.9 Å². The van der Waals surface area contributed by atoms with E-state index in [9.17, 15) is 4.79 Å². The molecule has 0 saturated heterocycles. The van der Waals surface area contributed by atoms with E-state index in [1.165, 1.54) is 10.9 Å². The van der Waals surface area contributed by atoms with Crippen LogP contribution in [0.25, 0.3) is 0 Å². The summed E-state index contributed by atoms with van der Waals surface area (Å²) < 4.78 is 1.37. The molecule has 1 aromatic carbocycles. The first kappa shape index (κ1) is 12.0. The third kappa shape index (κ3) is 2.59. The fraction of sp³-hybridized carbons (Fsp3) is 0.167. The lowest BCUT2D eigenvalue weighted by Crippen LogP contribution is -2.11. The van der Waals surface area contributed by atoms with Crippen LogP contribution in [0.1, 0.15) is 21.6 Å². The van der Waals surface area contributed by atoms with Gasteiger partial charge < -0.3 is 5.11 Å². The van der Waals surface area contributed by atoms with Gasteiger partial charge >= 0.3 is 0 Å². The highest BCUT2D eigenvalue weighted by Gasteiger charge is 2.08. The van der Waals surface area contributed by atoms with Crippen molar-refractivity contribution < 1.29 is 9.90 Å². The fourth-order valence-electron chi connectivity index (χ4n) is 1.46. The lowest BCUT2D eigenvalue weighted by Gasteiger charge is -2.00. The number of carbonyl (C=O) groups excluding carboxylic acids is 1. The van der Waals surface area contributed by atoms with Crippen LogP contribution < -0.4 is 0 Å². The van der Waals surface area contributed by atoms with Gasteiger partial charge in [0.1, 0.15) is 12.2 Å². The van der Waals surface area contributed by atoms with Crippen LogP contribution >= 0.6 is 0 Å². The Bertz CT molecular complexity index is 595. The molecule has 2 rings (SSSR count). The van der Waals surface area contributed by atoms with Crippen molar-refractivity contribution in [3.05, 3.63) is 47.3 Å². The second kappa shape index (κ2) is 5.21. The van der Waals surface area contributed by atoms with Gasteiger partial charge in [-0.2, -0.15) is 5.26 Å². The molecule has 0 fully saturated rings. The SMILES string of the molecule is N#Cc1ccc(C(=O)Cn2cc(CO)nn2)cc1. The van der Waals surface area contributed by atoms with Crippen molar-refractivity contribution in [1.82, 2.24) is 15.0 Å². The molecule has 0 atom stereocenters. The zero-order chi connectivity index (χ0) is 13.0. The van der Waals surface area contributed by atoms with Crippen LogP contribution in [0.5, 0.6) is 0 Å². The predicted octanol–water partition coefficient (Wildman–Crippen LogP) is 0.525. The van der Waals surface area contributed by atoms with E-state index < -0.39 is 0 Å². The lowest BCUT2D eigenvalue weighted by atomic mass is 10.1. The number of hydrogen-bond acceptors (Lipinski definition) is 5. The Morgan fingerprint density at radius 1 is 1.39 bits per heavy atom. The first-order valence-electron chi connectivity index (χ1n) is 5.26. The maximum atomic E-state index is 11.9. The Hall–Kier alpha value is -2.52. The van der Waals surface area contributed by atoms with Crippen LogP contribution in [0.4, 0.5) is 0 Å². The van der Waals surface area contributed by atoms with Gasteiger partial charge in [-0.3, -0.25) is 4.79 Å². The number of aliphatic hydroxyl groups excluding tert-OH is 1. The largest absolute Gasteiger partial charge is 0.390 e. The van der Waals surface area contributed by atoms with E-state index in [1.54, 1.807) is 24.3 Å². The molecular formula is C12H10N4O2. The molecule has 1 aromatic heterocycles. The van der Waals surface area contributed by atoms with Gasteiger partial charge in [0, 0.05) is 5.56 Å². The molecule has 0 aliphatic carbocycles. The minimum Gasteiger partial charge on any atom is -0.390 e. The Kier molecular flexibility index (Phi) is 3.46. The van der Waals surface area contributed by atoms with E-state index in [4.69, 9.17) is 10.4 Å². The molecule has 6 heteroatoms. The summed E-state index contributed by atoms with van der Waals surface area (Å²) >= 11 is 0. The van der Waals surface area contributed by atoms with E-state index in [-0.39, 0.29) is 18.9 Å². The molecular weight excluding hydrogens is 232 g/mol. The van der Waals surface area contributed by atoms with E-state index >= 15 is 0 Å². The Labute approximate surface area is 103 Å². The van der Waals surface area contributed by atoms with Gasteiger partial charge in [0.25, 0.3) is 0 Å². The van der Waals surface area contributed by atoms with Crippen LogP contribution in [0.3, 0.4) is 0 Å². The van der Waals surface area contributed by atoms with Crippen molar-refractivity contribution in [2.24, 2.45) is 0 Å². The summed E-state index contributed by atoms with van der Waals surface area (Å²) in [5, 5.41) is 24.9. The third-order valence-electron chi connectivity index (χ3n) is 2.39. The molecule has 0 aliphatic heterocycles. The molecule has 2 aromatic rings. The van der Waals surface area contributed by atoms with E-state index in [2.05, 4.69) is 10.3 Å². The number of Topliss-reactive ketones (excluding diaryl/α,β-unsaturated/α-hetero) is 1. The predicted molar refractivity (Wildman–Crippen MR) is 61.4 cm³/mol. The van der Waals surface area contributed by atoms with Crippen molar-refractivity contribution in [2.75, 3.05) is 0 Å². The molecule has 90 valence electrons. The van der Waals surface area contributed by atoms with Gasteiger partial charge in [-0.1, -0.05) is 17.3 Å². The van der Waals surface area contributed by atoms with E-state index in [0.717, 1.165) is 0 Å². The zero-order valence-corrected chi connectivity index (χ0v) is 9.45. The standard InChI is InChI=1S/C12H10N4O2/c13-5-9-1-3-10(4-2-9)12(18)7-16-6-11(8-17)14-15-16/h1-4,6,17H,7-8H2. The molecule has 0 bridgehead atoms. The lowest BCUT2D eigenvalue weighted by molar-refractivity contribution is 0.0967. The van der Waals surface area contributed by atoms with Gasteiger partial charge in [-0.25, -0.2) is 4.68 Å². The summed E-state index contributed by atoms with van der Waals surface area (Å²) in [6.07, 6.45) is 1.52. The van der Waals surface area contributed by atoms with Gasteiger partial charge in [-0.15, -0.1) is 5.10 Å². The van der Waals surface area contributed by atoms with E-state index in [1.807, 2.05) is 6.07 Å². The van der Waals surface area contributed by atoms with Gasteiger partial charge in [-0.05, 0) is 12.1 Å². The Morgan fingerprint density at radius 2 is 2.11 bits per heavy atom. The molecule has 0 unspecified atom stereocenters. The highest BCUT2D eigenvalue weighted by Crippen LogP contribution is 2.05. The first-order valence-corrected chi connectivity index (χ1v) is 5.26. The number of nitriles is 1. The quantitative estimate of drug-likeness (QED) is 0.789. The monoisotopic (exact) mass is 242 g/mol. The summed E-state index contributed by atoms with van der Waals surface area (Å²) in [6, 6.07) is 8.37. The van der Waals surface area contributed by atoms with Crippen LogP contribution in [-0.2, 0) is 13.2 Å². The van der Waals surface area contributed by atoms with Crippen molar-refractivity contribution in [2.45, 2.75) is 13.2 Å². The first-order chi connectivity index (χ1) is 8.72. The molecule has 0 spiro atoms. The molecule has 0 radical (unpaired) electrons. The highest BCUT2D eigenvalue weighted by atomic mass is 16.3. The smallest absolute Gasteiger partial charge is 0.184 e. The highest BCUT2D eigenvalue weighted by molar-refractivity contribution is 5.95. The maximum absolute atomic E-state index is 11.9. The number of carbonyl (C=O) groups is 1. The van der Waals surface area contributed by atoms with Gasteiger partial charge in [0.2, 0.25) is 0 Å². The number of ketones is 1. The second-order valence-corrected chi connectivity index (χ2v) is 3.68. The van der Waals surface area contributed by atoms with Crippen LogP contribution in [0, 0.1) is 11.3 Å². The number of hydrogen-bond donors (Lipinski definition) is 1. The molecule has 1 N–H and O–H groups in total. The Morgan fingerprint density at radius 3 is 2.67 bits per heavy atom. The van der Waals surface area contributed by atoms with Crippen LogP contribution in [0.2, 0.25) is 0 Å². The summed E-state index contributed by atoms with van der Waals surface area (Å²) in [6.45, 7) is -0.149. The second-order valence-electron chi connectivity index (χ2n) is 3.68. The molecule has 0 amide bonds. The summed E-state index contributed by atoms with van der Waals surface area (Å²) in [5.41, 5.74) is 1.44. The maximum Gasteiger partial charge on any atom is 0.184 e. The third-order valence-corrected chi connectivity index (χ3v) is 2.39. The summed E-state index contributed by atoms with van der Waals surface area (Å²) in [7, 11) is 0. The van der Waals surface area contributed by atoms with Crippen molar-refractivity contribution >= 4 is 5.78 Å². The molecule has 0 saturated carbocycles. The zero-order valence-electron chi connectivity index (χ0n) is 9.45.